The van der Waals surface area contributed by atoms with E-state index in [1.807, 2.05) is 6.07 Å². The Morgan fingerprint density at radius 2 is 2.12 bits per heavy atom. The molecular weight excluding hydrogens is 312 g/mol. The van der Waals surface area contributed by atoms with Crippen LogP contribution >= 0.6 is 0 Å². The molecule has 0 bridgehead atoms. The van der Waals surface area contributed by atoms with Gasteiger partial charge >= 0.3 is 5.97 Å². The van der Waals surface area contributed by atoms with Gasteiger partial charge in [0.2, 0.25) is 0 Å². The number of ether oxygens (including phenoxy) is 1. The number of amides is 1. The highest BCUT2D eigenvalue weighted by Gasteiger charge is 2.36. The van der Waals surface area contributed by atoms with Gasteiger partial charge in [0.1, 0.15) is 0 Å². The molecule has 8 heteroatoms. The minimum Gasteiger partial charge on any atom is -0.481 e. The fraction of sp³-hybridized carbons (Fsp3) is 0.375. The molecule has 1 amide bonds. The summed E-state index contributed by atoms with van der Waals surface area (Å²) in [6.07, 6.45) is 4.07. The van der Waals surface area contributed by atoms with Gasteiger partial charge in [-0.1, -0.05) is 11.3 Å². The van der Waals surface area contributed by atoms with Crippen molar-refractivity contribution in [2.24, 2.45) is 0 Å². The van der Waals surface area contributed by atoms with Crippen molar-refractivity contribution in [2.75, 3.05) is 13.2 Å². The lowest BCUT2D eigenvalue weighted by Crippen LogP contribution is -2.53. The first kappa shape index (κ1) is 16.1. The Bertz CT molecular complexity index is 723. The van der Waals surface area contributed by atoms with Crippen LogP contribution in [0.25, 0.3) is 5.69 Å². The fourth-order valence-electron chi connectivity index (χ4n) is 2.85. The Labute approximate surface area is 138 Å². The number of hydrogen-bond donors (Lipinski definition) is 2. The number of aromatic nitrogens is 3. The number of nitrogens with zero attached hydrogens (tertiary/aromatic N) is 3. The first-order valence-electron chi connectivity index (χ1n) is 7.67. The summed E-state index contributed by atoms with van der Waals surface area (Å²) in [5.41, 5.74) is 0.378. The maximum Gasteiger partial charge on any atom is 0.305 e. The van der Waals surface area contributed by atoms with Crippen molar-refractivity contribution < 1.29 is 19.4 Å². The van der Waals surface area contributed by atoms with Crippen LogP contribution in [0.3, 0.4) is 0 Å². The van der Waals surface area contributed by atoms with Gasteiger partial charge in [0.15, 0.2) is 0 Å². The number of benzene rings is 1. The number of hydrogen-bond acceptors (Lipinski definition) is 5. The molecule has 0 aliphatic carbocycles. The van der Waals surface area contributed by atoms with Gasteiger partial charge in [-0.25, -0.2) is 4.68 Å². The molecule has 2 aromatic rings. The van der Waals surface area contributed by atoms with Crippen LogP contribution in [0, 0.1) is 0 Å². The third-order valence-electron chi connectivity index (χ3n) is 4.11. The summed E-state index contributed by atoms with van der Waals surface area (Å²) in [6, 6.07) is 6.94. The van der Waals surface area contributed by atoms with Gasteiger partial charge < -0.3 is 15.2 Å². The molecule has 8 nitrogen and oxygen atoms in total. The number of aliphatic carboxylic acids is 1. The lowest BCUT2D eigenvalue weighted by molar-refractivity contribution is -0.139. The highest BCUT2D eigenvalue weighted by molar-refractivity contribution is 5.95. The van der Waals surface area contributed by atoms with Crippen molar-refractivity contribution in [2.45, 2.75) is 24.8 Å². The zero-order chi connectivity index (χ0) is 17.0. The van der Waals surface area contributed by atoms with Crippen LogP contribution in [0.2, 0.25) is 0 Å². The molecule has 0 saturated carbocycles. The molecule has 3 rings (SSSR count). The minimum absolute atomic E-state index is 0.120. The van der Waals surface area contributed by atoms with Gasteiger partial charge in [0.05, 0.1) is 30.0 Å². The molecule has 0 spiro atoms. The van der Waals surface area contributed by atoms with Gasteiger partial charge in [-0.2, -0.15) is 0 Å². The number of rotatable bonds is 5. The number of nitrogens with one attached hydrogen (secondary N) is 1. The van der Waals surface area contributed by atoms with E-state index in [-0.39, 0.29) is 12.3 Å². The molecule has 126 valence electrons. The SMILES string of the molecule is O=C(O)CC1(NC(=O)c2cccc(-n3ccnn3)c2)CCOCC1. The maximum absolute atomic E-state index is 12.6. The molecule has 24 heavy (non-hydrogen) atoms. The zero-order valence-electron chi connectivity index (χ0n) is 13.0. The average Bonchev–Trinajstić information content (AvgIpc) is 3.09. The van der Waals surface area contributed by atoms with Crippen LogP contribution in [0.5, 0.6) is 0 Å². The van der Waals surface area contributed by atoms with Crippen LogP contribution in [-0.2, 0) is 9.53 Å². The molecule has 1 saturated heterocycles. The fourth-order valence-corrected chi connectivity index (χ4v) is 2.85. The van der Waals surface area contributed by atoms with E-state index in [0.717, 1.165) is 0 Å². The van der Waals surface area contributed by atoms with Crippen molar-refractivity contribution in [3.8, 4) is 5.69 Å². The van der Waals surface area contributed by atoms with Gasteiger partial charge in [0, 0.05) is 18.8 Å². The van der Waals surface area contributed by atoms with E-state index < -0.39 is 11.5 Å². The molecule has 1 aliphatic heterocycles. The normalized spacial score (nSPS) is 16.5. The minimum atomic E-state index is -0.937. The summed E-state index contributed by atoms with van der Waals surface area (Å²) in [5, 5.41) is 19.7. The van der Waals surface area contributed by atoms with E-state index in [1.165, 1.54) is 0 Å². The lowest BCUT2D eigenvalue weighted by atomic mass is 9.86. The Hall–Kier alpha value is -2.74. The molecule has 1 aromatic heterocycles. The topological polar surface area (TPSA) is 106 Å². The molecule has 2 N–H and O–H groups in total. The van der Waals surface area contributed by atoms with Crippen molar-refractivity contribution in [1.29, 1.82) is 0 Å². The van der Waals surface area contributed by atoms with E-state index in [2.05, 4.69) is 15.6 Å². The van der Waals surface area contributed by atoms with Crippen LogP contribution in [0.15, 0.2) is 36.7 Å². The highest BCUT2D eigenvalue weighted by Crippen LogP contribution is 2.25. The summed E-state index contributed by atoms with van der Waals surface area (Å²) >= 11 is 0. The molecule has 1 aromatic carbocycles. The number of carboxylic acid groups (broad SMARTS) is 1. The van der Waals surface area contributed by atoms with Gasteiger partial charge in [-0.3, -0.25) is 9.59 Å². The first-order chi connectivity index (χ1) is 11.6. The summed E-state index contributed by atoms with van der Waals surface area (Å²) in [7, 11) is 0. The molecule has 0 atom stereocenters. The van der Waals surface area contributed by atoms with Crippen molar-refractivity contribution in [3.05, 3.63) is 42.2 Å². The van der Waals surface area contributed by atoms with Crippen molar-refractivity contribution >= 4 is 11.9 Å². The van der Waals surface area contributed by atoms with E-state index in [9.17, 15) is 14.7 Å². The Balaban J connectivity index is 1.80. The molecule has 2 heterocycles. The van der Waals surface area contributed by atoms with E-state index >= 15 is 0 Å². The quantitative estimate of drug-likeness (QED) is 0.848. The Kier molecular flexibility index (Phi) is 4.57. The zero-order valence-corrected chi connectivity index (χ0v) is 13.0. The van der Waals surface area contributed by atoms with Crippen molar-refractivity contribution in [3.63, 3.8) is 0 Å². The van der Waals surface area contributed by atoms with Crippen LogP contribution < -0.4 is 5.32 Å². The van der Waals surface area contributed by atoms with Gasteiger partial charge in [-0.15, -0.1) is 5.10 Å². The Morgan fingerprint density at radius 3 is 2.79 bits per heavy atom. The second-order valence-electron chi connectivity index (χ2n) is 5.82. The predicted octanol–water partition coefficient (Wildman–Crippen LogP) is 1.02. The van der Waals surface area contributed by atoms with Gasteiger partial charge in [-0.05, 0) is 31.0 Å². The molecular formula is C16H18N4O4. The largest absolute Gasteiger partial charge is 0.481 e. The van der Waals surface area contributed by atoms with Gasteiger partial charge in [0.25, 0.3) is 5.91 Å². The summed E-state index contributed by atoms with van der Waals surface area (Å²) in [6.45, 7) is 0.874. The predicted molar refractivity (Wildman–Crippen MR) is 83.9 cm³/mol. The van der Waals surface area contributed by atoms with E-state index in [4.69, 9.17) is 4.74 Å². The van der Waals surface area contributed by atoms with Crippen LogP contribution in [0.1, 0.15) is 29.6 Å². The van der Waals surface area contributed by atoms with Crippen LogP contribution in [0.4, 0.5) is 0 Å². The molecule has 0 radical (unpaired) electrons. The smallest absolute Gasteiger partial charge is 0.305 e. The van der Waals surface area contributed by atoms with E-state index in [0.29, 0.717) is 37.3 Å². The molecule has 0 unspecified atom stereocenters. The maximum atomic E-state index is 12.6. The third-order valence-corrected chi connectivity index (χ3v) is 4.11. The summed E-state index contributed by atoms with van der Waals surface area (Å²) in [4.78, 5) is 23.8. The second kappa shape index (κ2) is 6.79. The monoisotopic (exact) mass is 330 g/mol. The third kappa shape index (κ3) is 3.60. The number of carboxylic acids is 1. The Morgan fingerprint density at radius 1 is 1.33 bits per heavy atom. The summed E-state index contributed by atoms with van der Waals surface area (Å²) in [5.74, 6) is -1.24. The van der Waals surface area contributed by atoms with Crippen molar-refractivity contribution in [1.82, 2.24) is 20.3 Å². The molecule has 1 aliphatic rings. The number of carbonyl (C=O) groups is 2. The first-order valence-corrected chi connectivity index (χ1v) is 7.67. The standard InChI is InChI=1S/C16H18N4O4/c21-14(22)11-16(4-8-24-9-5-16)18-15(23)12-2-1-3-13(10-12)20-7-6-17-19-20/h1-3,6-7,10H,4-5,8-9,11H2,(H,18,23)(H,21,22). The lowest BCUT2D eigenvalue weighted by Gasteiger charge is -2.36. The highest BCUT2D eigenvalue weighted by atomic mass is 16.5. The second-order valence-corrected chi connectivity index (χ2v) is 5.82. The molecule has 1 fully saturated rings. The van der Waals surface area contributed by atoms with E-state index in [1.54, 1.807) is 35.3 Å². The summed E-state index contributed by atoms with van der Waals surface area (Å²) < 4.78 is 6.85. The number of carbonyl (C=O) groups excluding carboxylic acids is 1. The average molecular weight is 330 g/mol. The van der Waals surface area contributed by atoms with Crippen LogP contribution in [-0.4, -0.2) is 50.7 Å².